The van der Waals surface area contributed by atoms with Gasteiger partial charge in [-0.25, -0.2) is 14.8 Å². The number of rotatable bonds is 6. The summed E-state index contributed by atoms with van der Waals surface area (Å²) < 4.78 is 7.75. The van der Waals surface area contributed by atoms with E-state index in [9.17, 15) is 14.4 Å². The lowest BCUT2D eigenvalue weighted by atomic mass is 10.2. The predicted octanol–water partition coefficient (Wildman–Crippen LogP) is 2.68. The number of fused-ring (bicyclic) bond motifs is 1. The zero-order valence-electron chi connectivity index (χ0n) is 17.7. The summed E-state index contributed by atoms with van der Waals surface area (Å²) in [6.45, 7) is 0. The van der Waals surface area contributed by atoms with Crippen molar-refractivity contribution in [3.8, 4) is 17.1 Å². The van der Waals surface area contributed by atoms with E-state index in [-0.39, 0.29) is 22.6 Å². The number of methoxy groups -OCH3 is 1. The fourth-order valence-electron chi connectivity index (χ4n) is 3.32. The van der Waals surface area contributed by atoms with Gasteiger partial charge >= 0.3 is 5.69 Å². The number of ketones is 1. The van der Waals surface area contributed by atoms with Gasteiger partial charge in [-0.05, 0) is 12.1 Å². The van der Waals surface area contributed by atoms with Gasteiger partial charge in [-0.3, -0.25) is 18.7 Å². The lowest BCUT2D eigenvalue weighted by Gasteiger charge is -2.13. The average molecular weight is 449 g/mol. The van der Waals surface area contributed by atoms with Crippen molar-refractivity contribution in [2.75, 3.05) is 12.9 Å². The molecule has 2 heterocycles. The van der Waals surface area contributed by atoms with Crippen LogP contribution in [-0.4, -0.2) is 37.7 Å². The fourth-order valence-corrected chi connectivity index (χ4v) is 4.23. The first-order valence-corrected chi connectivity index (χ1v) is 10.7. The molecule has 32 heavy (non-hydrogen) atoms. The number of carbonyl (C=O) groups excluding carboxylic acids is 1. The Hall–Kier alpha value is -3.72. The molecule has 8 nitrogen and oxygen atoms in total. The Bertz CT molecular complexity index is 1440. The van der Waals surface area contributed by atoms with E-state index >= 15 is 0 Å². The molecule has 9 heteroatoms. The van der Waals surface area contributed by atoms with Crippen LogP contribution in [0.15, 0.2) is 69.2 Å². The van der Waals surface area contributed by atoms with Crippen molar-refractivity contribution in [3.05, 3.63) is 81.0 Å². The van der Waals surface area contributed by atoms with Crippen LogP contribution in [0, 0.1) is 0 Å². The molecule has 0 unspecified atom stereocenters. The molecule has 0 bridgehead atoms. The highest BCUT2D eigenvalue weighted by Crippen LogP contribution is 2.31. The second kappa shape index (κ2) is 8.80. The normalized spacial score (nSPS) is 11.0. The molecule has 0 amide bonds. The van der Waals surface area contributed by atoms with E-state index in [1.165, 1.54) is 11.6 Å². The van der Waals surface area contributed by atoms with Gasteiger partial charge in [-0.1, -0.05) is 54.2 Å². The van der Waals surface area contributed by atoms with Crippen LogP contribution >= 0.6 is 11.8 Å². The number of ether oxygens (including phenoxy) is 1. The summed E-state index contributed by atoms with van der Waals surface area (Å²) in [6.07, 6.45) is 0. The molecule has 0 saturated heterocycles. The number of thioether (sulfide) groups is 1. The lowest BCUT2D eigenvalue weighted by molar-refractivity contribution is 0.102. The third-order valence-electron chi connectivity index (χ3n) is 5.05. The number of para-hydroxylation sites is 1. The van der Waals surface area contributed by atoms with E-state index in [0.29, 0.717) is 27.7 Å². The molecule has 2 aromatic carbocycles. The number of benzene rings is 2. The van der Waals surface area contributed by atoms with Gasteiger partial charge in [0, 0.05) is 19.7 Å². The van der Waals surface area contributed by atoms with E-state index in [1.54, 1.807) is 50.6 Å². The Balaban J connectivity index is 1.90. The fraction of sp³-hybridized carbons (Fsp3) is 0.174. The molecule has 0 aliphatic carbocycles. The molecule has 2 aromatic heterocycles. The molecule has 4 rings (SSSR count). The van der Waals surface area contributed by atoms with Crippen molar-refractivity contribution in [1.82, 2.24) is 19.1 Å². The van der Waals surface area contributed by atoms with E-state index < -0.39 is 11.2 Å². The Labute approximate surface area is 187 Å². The van der Waals surface area contributed by atoms with Crippen LogP contribution in [0.3, 0.4) is 0 Å². The Morgan fingerprint density at radius 3 is 2.38 bits per heavy atom. The van der Waals surface area contributed by atoms with Gasteiger partial charge in [0.15, 0.2) is 17.3 Å². The van der Waals surface area contributed by atoms with E-state index in [1.807, 2.05) is 18.2 Å². The van der Waals surface area contributed by atoms with Gasteiger partial charge in [0.2, 0.25) is 0 Å². The smallest absolute Gasteiger partial charge is 0.332 e. The molecule has 0 fully saturated rings. The maximum atomic E-state index is 13.0. The van der Waals surface area contributed by atoms with Crippen LogP contribution in [0.2, 0.25) is 0 Å². The quantitative estimate of drug-likeness (QED) is 0.254. The standard InChI is InChI=1S/C23H20N4O4S/c1-26-20-18(22(29)27(2)23(26)30)21(32-13-16(28)14-9-5-4-6-10-14)25-19(24-20)15-11-7-8-12-17(15)31-3/h4-12H,13H2,1-3H3. The first kappa shape index (κ1) is 21.5. The Morgan fingerprint density at radius 1 is 0.969 bits per heavy atom. The highest BCUT2D eigenvalue weighted by Gasteiger charge is 2.20. The van der Waals surface area contributed by atoms with Crippen LogP contribution in [0.5, 0.6) is 5.75 Å². The number of nitrogens with zero attached hydrogens (tertiary/aromatic N) is 4. The zero-order valence-corrected chi connectivity index (χ0v) is 18.5. The summed E-state index contributed by atoms with van der Waals surface area (Å²) in [6, 6.07) is 16.1. The van der Waals surface area contributed by atoms with E-state index in [2.05, 4.69) is 9.97 Å². The number of Topliss-reactive ketones (excluding diaryl/α,β-unsaturated/α-hetero) is 1. The predicted molar refractivity (Wildman–Crippen MR) is 124 cm³/mol. The summed E-state index contributed by atoms with van der Waals surface area (Å²) in [4.78, 5) is 47.3. The van der Waals surface area contributed by atoms with Gasteiger partial charge in [-0.2, -0.15) is 0 Å². The second-order valence-electron chi connectivity index (χ2n) is 7.03. The summed E-state index contributed by atoms with van der Waals surface area (Å²) in [5.41, 5.74) is 0.376. The summed E-state index contributed by atoms with van der Waals surface area (Å²) in [7, 11) is 4.49. The molecule has 162 valence electrons. The first-order valence-electron chi connectivity index (χ1n) is 9.74. The minimum atomic E-state index is -0.510. The number of aromatic nitrogens is 4. The highest BCUT2D eigenvalue weighted by atomic mass is 32.2. The number of carbonyl (C=O) groups is 1. The molecule has 0 aliphatic heterocycles. The third-order valence-corrected chi connectivity index (χ3v) is 6.03. The summed E-state index contributed by atoms with van der Waals surface area (Å²) >= 11 is 1.14. The van der Waals surface area contributed by atoms with Crippen LogP contribution < -0.4 is 16.0 Å². The largest absolute Gasteiger partial charge is 0.496 e. The van der Waals surface area contributed by atoms with Crippen LogP contribution in [0.4, 0.5) is 0 Å². The van der Waals surface area contributed by atoms with Crippen molar-refractivity contribution in [1.29, 1.82) is 0 Å². The number of hydrogen-bond donors (Lipinski definition) is 0. The Kier molecular flexibility index (Phi) is 5.91. The highest BCUT2D eigenvalue weighted by molar-refractivity contribution is 8.00. The van der Waals surface area contributed by atoms with Crippen LogP contribution in [-0.2, 0) is 14.1 Å². The maximum Gasteiger partial charge on any atom is 0.332 e. The minimum absolute atomic E-state index is 0.0769. The summed E-state index contributed by atoms with van der Waals surface area (Å²) in [5, 5.41) is 0.524. The molecule has 0 saturated carbocycles. The molecular formula is C23H20N4O4S. The zero-order chi connectivity index (χ0) is 22.8. The molecular weight excluding hydrogens is 428 g/mol. The first-order chi connectivity index (χ1) is 15.4. The molecule has 4 aromatic rings. The second-order valence-corrected chi connectivity index (χ2v) is 8.00. The molecule has 0 spiro atoms. The van der Waals surface area contributed by atoms with Crippen molar-refractivity contribution in [2.45, 2.75) is 5.03 Å². The van der Waals surface area contributed by atoms with Crippen molar-refractivity contribution >= 4 is 28.6 Å². The lowest BCUT2D eigenvalue weighted by Crippen LogP contribution is -2.37. The average Bonchev–Trinajstić information content (AvgIpc) is 2.84. The number of hydrogen-bond acceptors (Lipinski definition) is 7. The van der Waals surface area contributed by atoms with Gasteiger partial charge < -0.3 is 4.74 Å². The summed E-state index contributed by atoms with van der Waals surface area (Å²) in [5.74, 6) is 0.834. The van der Waals surface area contributed by atoms with Crippen LogP contribution in [0.25, 0.3) is 22.4 Å². The SMILES string of the molecule is COc1ccccc1-c1nc(SCC(=O)c2ccccc2)c2c(=O)n(C)c(=O)n(C)c2n1. The molecule has 0 aliphatic rings. The van der Waals surface area contributed by atoms with Gasteiger partial charge in [-0.15, -0.1) is 0 Å². The maximum absolute atomic E-state index is 13.0. The van der Waals surface area contributed by atoms with E-state index in [0.717, 1.165) is 16.3 Å². The number of aryl methyl sites for hydroxylation is 1. The van der Waals surface area contributed by atoms with E-state index in [4.69, 9.17) is 4.74 Å². The minimum Gasteiger partial charge on any atom is -0.496 e. The monoisotopic (exact) mass is 448 g/mol. The van der Waals surface area contributed by atoms with Crippen LogP contribution in [0.1, 0.15) is 10.4 Å². The third kappa shape index (κ3) is 3.82. The van der Waals surface area contributed by atoms with Crippen molar-refractivity contribution in [3.63, 3.8) is 0 Å². The molecule has 0 atom stereocenters. The molecule has 0 N–H and O–H groups in total. The van der Waals surface area contributed by atoms with Crippen molar-refractivity contribution < 1.29 is 9.53 Å². The topological polar surface area (TPSA) is 96.1 Å². The Morgan fingerprint density at radius 2 is 1.66 bits per heavy atom. The molecule has 0 radical (unpaired) electrons. The van der Waals surface area contributed by atoms with Gasteiger partial charge in [0.25, 0.3) is 5.56 Å². The van der Waals surface area contributed by atoms with Gasteiger partial charge in [0.1, 0.15) is 16.2 Å². The van der Waals surface area contributed by atoms with Crippen molar-refractivity contribution in [2.24, 2.45) is 14.1 Å². The van der Waals surface area contributed by atoms with Gasteiger partial charge in [0.05, 0.1) is 18.4 Å².